The summed E-state index contributed by atoms with van der Waals surface area (Å²) in [5.41, 5.74) is -0.0938. The Morgan fingerprint density at radius 2 is 1.91 bits per heavy atom. The van der Waals surface area contributed by atoms with Crippen molar-refractivity contribution in [3.8, 4) is 0 Å². The van der Waals surface area contributed by atoms with Gasteiger partial charge >= 0.3 is 0 Å². The van der Waals surface area contributed by atoms with Crippen molar-refractivity contribution < 1.29 is 14.4 Å². The molecule has 1 atom stereocenters. The minimum atomic E-state index is -0.422. The van der Waals surface area contributed by atoms with E-state index in [2.05, 4.69) is 5.32 Å². The van der Waals surface area contributed by atoms with Gasteiger partial charge in [-0.1, -0.05) is 20.8 Å². The molecule has 0 aromatic heterocycles. The van der Waals surface area contributed by atoms with Gasteiger partial charge in [0.2, 0.25) is 17.7 Å². The second kappa shape index (κ2) is 7.85. The van der Waals surface area contributed by atoms with E-state index in [4.69, 9.17) is 0 Å². The molecule has 1 unspecified atom stereocenters. The van der Waals surface area contributed by atoms with E-state index in [9.17, 15) is 14.4 Å². The van der Waals surface area contributed by atoms with Crippen molar-refractivity contribution in [2.75, 3.05) is 32.3 Å². The minimum absolute atomic E-state index is 0.0158. The lowest BCUT2D eigenvalue weighted by Crippen LogP contribution is -2.48. The first-order chi connectivity index (χ1) is 10.1. The molecule has 0 aliphatic carbocycles. The number of carbonyl (C=O) groups is 3. The molecular formula is C15H27N3O3S. The molecular weight excluding hydrogens is 302 g/mol. The molecule has 1 heterocycles. The van der Waals surface area contributed by atoms with E-state index in [1.54, 1.807) is 30.8 Å². The van der Waals surface area contributed by atoms with E-state index in [1.807, 2.05) is 20.8 Å². The Kier molecular flexibility index (Phi) is 6.71. The number of hydrogen-bond donors (Lipinski definition) is 1. The van der Waals surface area contributed by atoms with Crippen LogP contribution in [-0.2, 0) is 14.4 Å². The van der Waals surface area contributed by atoms with Gasteiger partial charge in [-0.3, -0.25) is 14.4 Å². The second-order valence-corrected chi connectivity index (χ2v) is 7.95. The van der Waals surface area contributed by atoms with E-state index in [0.29, 0.717) is 24.6 Å². The number of nitrogens with one attached hydrogen (secondary N) is 1. The molecule has 22 heavy (non-hydrogen) atoms. The molecule has 3 amide bonds. The van der Waals surface area contributed by atoms with Gasteiger partial charge < -0.3 is 15.1 Å². The van der Waals surface area contributed by atoms with Crippen molar-refractivity contribution in [1.82, 2.24) is 15.1 Å². The highest BCUT2D eigenvalue weighted by atomic mass is 32.2. The topological polar surface area (TPSA) is 69.7 Å². The van der Waals surface area contributed by atoms with Crippen LogP contribution < -0.4 is 5.32 Å². The summed E-state index contributed by atoms with van der Waals surface area (Å²) in [7, 11) is 3.37. The SMILES string of the molecule is CN(C)C(=O)CCNC(=O)C1CSCN1C(=O)CC(C)(C)C. The van der Waals surface area contributed by atoms with Crippen molar-refractivity contribution in [2.45, 2.75) is 39.7 Å². The predicted molar refractivity (Wildman–Crippen MR) is 88.4 cm³/mol. The van der Waals surface area contributed by atoms with Gasteiger partial charge in [-0.25, -0.2) is 0 Å². The first-order valence-corrected chi connectivity index (χ1v) is 8.62. The largest absolute Gasteiger partial charge is 0.354 e. The standard InChI is InChI=1S/C15H27N3O3S/c1-15(2,3)8-13(20)18-10-22-9-11(18)14(21)16-7-6-12(19)17(4)5/h11H,6-10H2,1-5H3,(H,16,21). The summed E-state index contributed by atoms with van der Waals surface area (Å²) in [4.78, 5) is 39.2. The van der Waals surface area contributed by atoms with Crippen molar-refractivity contribution in [1.29, 1.82) is 0 Å². The molecule has 1 rings (SSSR count). The Hall–Kier alpha value is -1.24. The number of carbonyl (C=O) groups excluding carboxylic acids is 3. The van der Waals surface area contributed by atoms with Gasteiger partial charge in [0.05, 0.1) is 5.88 Å². The van der Waals surface area contributed by atoms with Crippen LogP contribution in [0.1, 0.15) is 33.6 Å². The molecule has 7 heteroatoms. The van der Waals surface area contributed by atoms with Gasteiger partial charge in [-0.05, 0) is 5.41 Å². The smallest absolute Gasteiger partial charge is 0.243 e. The molecule has 1 aliphatic heterocycles. The molecule has 0 aromatic rings. The van der Waals surface area contributed by atoms with Crippen LogP contribution in [0.15, 0.2) is 0 Å². The average molecular weight is 329 g/mol. The zero-order chi connectivity index (χ0) is 16.9. The third kappa shape index (κ3) is 5.87. The van der Waals surface area contributed by atoms with E-state index < -0.39 is 6.04 Å². The monoisotopic (exact) mass is 329 g/mol. The maximum Gasteiger partial charge on any atom is 0.243 e. The number of nitrogens with zero attached hydrogens (tertiary/aromatic N) is 2. The van der Waals surface area contributed by atoms with Crippen LogP contribution >= 0.6 is 11.8 Å². The summed E-state index contributed by atoms with van der Waals surface area (Å²) >= 11 is 1.59. The second-order valence-electron chi connectivity index (χ2n) is 6.95. The summed E-state index contributed by atoms with van der Waals surface area (Å²) in [6.45, 7) is 6.33. The quantitative estimate of drug-likeness (QED) is 0.814. The lowest BCUT2D eigenvalue weighted by Gasteiger charge is -2.26. The van der Waals surface area contributed by atoms with Gasteiger partial charge in [0.25, 0.3) is 0 Å². The summed E-state index contributed by atoms with van der Waals surface area (Å²) in [5, 5.41) is 2.76. The Morgan fingerprint density at radius 1 is 1.27 bits per heavy atom. The Bertz CT molecular complexity index is 432. The summed E-state index contributed by atoms with van der Waals surface area (Å²) < 4.78 is 0. The fraction of sp³-hybridized carbons (Fsp3) is 0.800. The van der Waals surface area contributed by atoms with Gasteiger partial charge in [0, 0.05) is 39.2 Å². The summed E-state index contributed by atoms with van der Waals surface area (Å²) in [6.07, 6.45) is 0.699. The van der Waals surface area contributed by atoms with Crippen LogP contribution in [0.2, 0.25) is 0 Å². The fourth-order valence-electron chi connectivity index (χ4n) is 2.09. The lowest BCUT2D eigenvalue weighted by atomic mass is 9.91. The fourth-order valence-corrected chi connectivity index (χ4v) is 3.28. The third-order valence-electron chi connectivity index (χ3n) is 3.32. The lowest BCUT2D eigenvalue weighted by molar-refractivity contribution is -0.139. The highest BCUT2D eigenvalue weighted by molar-refractivity contribution is 7.99. The summed E-state index contributed by atoms with van der Waals surface area (Å²) in [5.74, 6) is 0.995. The van der Waals surface area contributed by atoms with Gasteiger partial charge in [0.15, 0.2) is 0 Å². The number of rotatable bonds is 5. The highest BCUT2D eigenvalue weighted by Gasteiger charge is 2.35. The third-order valence-corrected chi connectivity index (χ3v) is 4.34. The predicted octanol–water partition coefficient (Wildman–Crippen LogP) is 0.919. The van der Waals surface area contributed by atoms with Crippen LogP contribution in [0, 0.1) is 5.41 Å². The molecule has 1 aliphatic rings. The average Bonchev–Trinajstić information content (AvgIpc) is 2.85. The van der Waals surface area contributed by atoms with Crippen LogP contribution in [0.4, 0.5) is 0 Å². The van der Waals surface area contributed by atoms with Gasteiger partial charge in [-0.15, -0.1) is 11.8 Å². The zero-order valence-corrected chi connectivity index (χ0v) is 15.0. The van der Waals surface area contributed by atoms with Crippen molar-refractivity contribution in [3.63, 3.8) is 0 Å². The molecule has 0 aromatic carbocycles. The van der Waals surface area contributed by atoms with Crippen molar-refractivity contribution in [2.24, 2.45) is 5.41 Å². The normalized spacial score (nSPS) is 18.2. The molecule has 126 valence electrons. The maximum atomic E-state index is 12.3. The molecule has 1 fully saturated rings. The first-order valence-electron chi connectivity index (χ1n) is 7.47. The van der Waals surface area contributed by atoms with E-state index in [-0.39, 0.29) is 29.6 Å². The van der Waals surface area contributed by atoms with Crippen LogP contribution in [-0.4, -0.2) is 65.8 Å². The Balaban J connectivity index is 2.50. The molecule has 1 saturated heterocycles. The van der Waals surface area contributed by atoms with Crippen molar-refractivity contribution in [3.05, 3.63) is 0 Å². The highest BCUT2D eigenvalue weighted by Crippen LogP contribution is 2.26. The number of thioether (sulfide) groups is 1. The maximum absolute atomic E-state index is 12.3. The minimum Gasteiger partial charge on any atom is -0.354 e. The van der Waals surface area contributed by atoms with Crippen LogP contribution in [0.3, 0.4) is 0 Å². The van der Waals surface area contributed by atoms with E-state index >= 15 is 0 Å². The Labute approximate surface area is 137 Å². The number of hydrogen-bond acceptors (Lipinski definition) is 4. The molecule has 0 bridgehead atoms. The summed E-state index contributed by atoms with van der Waals surface area (Å²) in [6, 6.07) is -0.422. The molecule has 0 spiro atoms. The van der Waals surface area contributed by atoms with Gasteiger partial charge in [0.1, 0.15) is 6.04 Å². The molecule has 0 saturated carbocycles. The van der Waals surface area contributed by atoms with E-state index in [1.165, 1.54) is 4.90 Å². The van der Waals surface area contributed by atoms with Crippen molar-refractivity contribution >= 4 is 29.5 Å². The van der Waals surface area contributed by atoms with Crippen LogP contribution in [0.5, 0.6) is 0 Å². The van der Waals surface area contributed by atoms with E-state index in [0.717, 1.165) is 0 Å². The molecule has 1 N–H and O–H groups in total. The van der Waals surface area contributed by atoms with Crippen LogP contribution in [0.25, 0.3) is 0 Å². The zero-order valence-electron chi connectivity index (χ0n) is 14.1. The molecule has 6 nitrogen and oxygen atoms in total. The number of amides is 3. The Morgan fingerprint density at radius 3 is 2.45 bits per heavy atom. The van der Waals surface area contributed by atoms with Gasteiger partial charge in [-0.2, -0.15) is 0 Å². The first kappa shape index (κ1) is 18.8. The molecule has 0 radical (unpaired) electrons.